The molecule has 0 saturated carbocycles. The maximum atomic E-state index is 5.62. The van der Waals surface area contributed by atoms with Gasteiger partial charge in [0, 0.05) is 43.6 Å². The standard InChI is InChI=1S/C13H21N3O/c1-10(2)17-13-8-12(4-5-15-13)16-7-6-14-11(3)9-16/h4-5,8,10-11,14H,6-7,9H2,1-3H3/t11-/m1/s1. The third-order valence-electron chi connectivity index (χ3n) is 2.81. The fraction of sp³-hybridized carbons (Fsp3) is 0.615. The van der Waals surface area contributed by atoms with Crippen LogP contribution in [0.25, 0.3) is 0 Å². The molecule has 1 aliphatic rings. The van der Waals surface area contributed by atoms with Gasteiger partial charge in [-0.3, -0.25) is 0 Å². The molecule has 0 aliphatic carbocycles. The SMILES string of the molecule is CC(C)Oc1cc(N2CCN[C@H](C)C2)ccn1. The first-order valence-corrected chi connectivity index (χ1v) is 6.26. The Labute approximate surface area is 103 Å². The molecule has 17 heavy (non-hydrogen) atoms. The molecule has 0 spiro atoms. The molecular weight excluding hydrogens is 214 g/mol. The fourth-order valence-electron chi connectivity index (χ4n) is 2.07. The molecular formula is C13H21N3O. The van der Waals surface area contributed by atoms with Crippen molar-refractivity contribution < 1.29 is 4.74 Å². The number of nitrogens with one attached hydrogen (secondary N) is 1. The smallest absolute Gasteiger partial charge is 0.215 e. The number of nitrogens with zero attached hydrogens (tertiary/aromatic N) is 2. The van der Waals surface area contributed by atoms with Crippen molar-refractivity contribution in [3.63, 3.8) is 0 Å². The first-order chi connectivity index (χ1) is 8.15. The van der Waals surface area contributed by atoms with Crippen LogP contribution < -0.4 is 15.0 Å². The zero-order valence-corrected chi connectivity index (χ0v) is 10.8. The zero-order valence-electron chi connectivity index (χ0n) is 10.8. The predicted octanol–water partition coefficient (Wildman–Crippen LogP) is 1.67. The van der Waals surface area contributed by atoms with Crippen molar-refractivity contribution in [2.45, 2.75) is 32.9 Å². The van der Waals surface area contributed by atoms with Crippen molar-refractivity contribution >= 4 is 5.69 Å². The molecule has 0 radical (unpaired) electrons. The first-order valence-electron chi connectivity index (χ1n) is 6.26. The fourth-order valence-corrected chi connectivity index (χ4v) is 2.07. The van der Waals surface area contributed by atoms with Gasteiger partial charge in [-0.2, -0.15) is 0 Å². The van der Waals surface area contributed by atoms with Gasteiger partial charge in [0.05, 0.1) is 6.10 Å². The first kappa shape index (κ1) is 12.2. The lowest BCUT2D eigenvalue weighted by atomic mass is 10.2. The number of piperazine rings is 1. The molecule has 4 nitrogen and oxygen atoms in total. The van der Waals surface area contributed by atoms with E-state index in [1.165, 1.54) is 5.69 Å². The summed E-state index contributed by atoms with van der Waals surface area (Å²) in [4.78, 5) is 6.60. The molecule has 0 bridgehead atoms. The summed E-state index contributed by atoms with van der Waals surface area (Å²) in [6.07, 6.45) is 1.99. The molecule has 1 N–H and O–H groups in total. The minimum Gasteiger partial charge on any atom is -0.475 e. The Balaban J connectivity index is 2.09. The highest BCUT2D eigenvalue weighted by Crippen LogP contribution is 2.20. The molecule has 1 atom stereocenters. The molecule has 0 amide bonds. The minimum absolute atomic E-state index is 0.166. The van der Waals surface area contributed by atoms with Crippen LogP contribution in [0.4, 0.5) is 5.69 Å². The van der Waals surface area contributed by atoms with Crippen molar-refractivity contribution in [1.82, 2.24) is 10.3 Å². The molecule has 94 valence electrons. The zero-order chi connectivity index (χ0) is 12.3. The molecule has 1 saturated heterocycles. The van der Waals surface area contributed by atoms with E-state index in [0.717, 1.165) is 19.6 Å². The summed E-state index contributed by atoms with van der Waals surface area (Å²) < 4.78 is 5.62. The van der Waals surface area contributed by atoms with Crippen LogP contribution in [0.2, 0.25) is 0 Å². The molecule has 1 fully saturated rings. The number of hydrogen-bond acceptors (Lipinski definition) is 4. The lowest BCUT2D eigenvalue weighted by Crippen LogP contribution is -2.49. The van der Waals surface area contributed by atoms with Crippen molar-refractivity contribution in [2.75, 3.05) is 24.5 Å². The van der Waals surface area contributed by atoms with Crippen LogP contribution in [0.5, 0.6) is 5.88 Å². The Morgan fingerprint density at radius 2 is 2.35 bits per heavy atom. The van der Waals surface area contributed by atoms with Crippen LogP contribution in [0.15, 0.2) is 18.3 Å². The van der Waals surface area contributed by atoms with E-state index in [9.17, 15) is 0 Å². The van der Waals surface area contributed by atoms with Crippen LogP contribution in [0, 0.1) is 0 Å². The van der Waals surface area contributed by atoms with Gasteiger partial charge in [0.1, 0.15) is 0 Å². The number of hydrogen-bond donors (Lipinski definition) is 1. The van der Waals surface area contributed by atoms with E-state index in [1.807, 2.05) is 32.2 Å². The Morgan fingerprint density at radius 1 is 1.53 bits per heavy atom. The van der Waals surface area contributed by atoms with E-state index in [1.54, 1.807) is 0 Å². The van der Waals surface area contributed by atoms with Gasteiger partial charge < -0.3 is 15.0 Å². The van der Waals surface area contributed by atoms with Crippen molar-refractivity contribution in [2.24, 2.45) is 0 Å². The average molecular weight is 235 g/mol. The topological polar surface area (TPSA) is 37.4 Å². The van der Waals surface area contributed by atoms with Gasteiger partial charge in [0.25, 0.3) is 0 Å². The monoisotopic (exact) mass is 235 g/mol. The molecule has 0 aromatic carbocycles. The number of aromatic nitrogens is 1. The van der Waals surface area contributed by atoms with Gasteiger partial charge in [-0.25, -0.2) is 4.98 Å². The molecule has 4 heteroatoms. The van der Waals surface area contributed by atoms with Crippen LogP contribution in [0.3, 0.4) is 0 Å². The average Bonchev–Trinajstić information content (AvgIpc) is 2.28. The lowest BCUT2D eigenvalue weighted by Gasteiger charge is -2.33. The van der Waals surface area contributed by atoms with E-state index >= 15 is 0 Å². The molecule has 2 heterocycles. The molecule has 0 unspecified atom stereocenters. The van der Waals surface area contributed by atoms with Crippen molar-refractivity contribution in [3.8, 4) is 5.88 Å². The lowest BCUT2D eigenvalue weighted by molar-refractivity contribution is 0.232. The summed E-state index contributed by atoms with van der Waals surface area (Å²) in [7, 11) is 0. The van der Waals surface area contributed by atoms with Gasteiger partial charge in [-0.05, 0) is 26.8 Å². The molecule has 1 aromatic heterocycles. The number of rotatable bonds is 3. The number of ether oxygens (including phenoxy) is 1. The van der Waals surface area contributed by atoms with Crippen LogP contribution >= 0.6 is 0 Å². The summed E-state index contributed by atoms with van der Waals surface area (Å²) in [6.45, 7) is 9.34. The van der Waals surface area contributed by atoms with Crippen molar-refractivity contribution in [3.05, 3.63) is 18.3 Å². The number of anilines is 1. The number of pyridine rings is 1. The Bertz CT molecular complexity index is 367. The minimum atomic E-state index is 0.166. The Hall–Kier alpha value is -1.29. The highest BCUT2D eigenvalue weighted by Gasteiger charge is 2.16. The van der Waals surface area contributed by atoms with Gasteiger partial charge in [-0.15, -0.1) is 0 Å². The van der Waals surface area contributed by atoms with E-state index in [0.29, 0.717) is 11.9 Å². The van der Waals surface area contributed by atoms with E-state index in [-0.39, 0.29) is 6.10 Å². The van der Waals surface area contributed by atoms with Crippen molar-refractivity contribution in [1.29, 1.82) is 0 Å². The van der Waals surface area contributed by atoms with Crippen LogP contribution in [-0.4, -0.2) is 36.8 Å². The predicted molar refractivity (Wildman–Crippen MR) is 69.7 cm³/mol. The van der Waals surface area contributed by atoms with Gasteiger partial charge in [0.15, 0.2) is 0 Å². The Morgan fingerprint density at radius 3 is 3.06 bits per heavy atom. The molecule has 1 aromatic rings. The second-order valence-corrected chi connectivity index (χ2v) is 4.82. The van der Waals surface area contributed by atoms with E-state index in [2.05, 4.69) is 22.1 Å². The van der Waals surface area contributed by atoms with E-state index < -0.39 is 0 Å². The van der Waals surface area contributed by atoms with Gasteiger partial charge >= 0.3 is 0 Å². The quantitative estimate of drug-likeness (QED) is 0.864. The summed E-state index contributed by atoms with van der Waals surface area (Å²) in [5, 5.41) is 3.44. The summed E-state index contributed by atoms with van der Waals surface area (Å²) >= 11 is 0. The summed E-state index contributed by atoms with van der Waals surface area (Å²) in [6, 6.07) is 4.61. The van der Waals surface area contributed by atoms with E-state index in [4.69, 9.17) is 4.74 Å². The van der Waals surface area contributed by atoms with Crippen LogP contribution in [0.1, 0.15) is 20.8 Å². The van der Waals surface area contributed by atoms with Gasteiger partial charge in [-0.1, -0.05) is 0 Å². The molecule has 1 aliphatic heterocycles. The second kappa shape index (κ2) is 5.36. The second-order valence-electron chi connectivity index (χ2n) is 4.82. The maximum absolute atomic E-state index is 5.62. The van der Waals surface area contributed by atoms with Crippen LogP contribution in [-0.2, 0) is 0 Å². The maximum Gasteiger partial charge on any atom is 0.215 e. The summed E-state index contributed by atoms with van der Waals surface area (Å²) in [5.41, 5.74) is 1.20. The largest absolute Gasteiger partial charge is 0.475 e. The molecule has 2 rings (SSSR count). The third-order valence-corrected chi connectivity index (χ3v) is 2.81. The third kappa shape index (κ3) is 3.33. The highest BCUT2D eigenvalue weighted by molar-refractivity contribution is 5.48. The summed E-state index contributed by atoms with van der Waals surface area (Å²) in [5.74, 6) is 0.712. The normalized spacial score (nSPS) is 20.7. The van der Waals surface area contributed by atoms with Gasteiger partial charge in [0.2, 0.25) is 5.88 Å². The highest BCUT2D eigenvalue weighted by atomic mass is 16.5. The Kier molecular flexibility index (Phi) is 3.84.